The predicted molar refractivity (Wildman–Crippen MR) is 145 cm³/mol. The number of hydrogen-bond acceptors (Lipinski definition) is 4. The monoisotopic (exact) mass is 519 g/mol. The van der Waals surface area contributed by atoms with Crippen LogP contribution in [-0.4, -0.2) is 52.5 Å². The Hall–Kier alpha value is -2.67. The third kappa shape index (κ3) is 4.18. The summed E-state index contributed by atoms with van der Waals surface area (Å²) in [5, 5.41) is 6.37. The third-order valence-corrected chi connectivity index (χ3v) is 9.97. The fourth-order valence-electron chi connectivity index (χ4n) is 7.86. The van der Waals surface area contributed by atoms with Crippen LogP contribution in [0.1, 0.15) is 70.8 Å². The Morgan fingerprint density at radius 1 is 1.03 bits per heavy atom. The largest absolute Gasteiger partial charge is 0.359 e. The molecular formula is C31H41N3O4. The standard InChI is InChI=1S/C31H41N3O4/c1-18-11-13-22(14-12-18)34-27(29(36)33-23-10-5-4-8-20(23)3)31-16-15-24(38-31)25(26(31)30(34)37)28(35)32-21-9-6-7-19(2)17-21/h6-7,9,15-18,20,22-27H,4-5,8,10-14H2,1-3H3,(H,32,35)(H,33,36)/t18?,20?,22?,23?,24-,25?,26-,27?,31+/m0/s1. The van der Waals surface area contributed by atoms with Crippen molar-refractivity contribution >= 4 is 23.4 Å². The van der Waals surface area contributed by atoms with Gasteiger partial charge in [0.15, 0.2) is 0 Å². The molecule has 3 amide bonds. The van der Waals surface area contributed by atoms with Crippen LogP contribution in [0.25, 0.3) is 0 Å². The quantitative estimate of drug-likeness (QED) is 0.566. The number of carbonyl (C=O) groups excluding carboxylic acids is 3. The lowest BCUT2D eigenvalue weighted by atomic mass is 9.74. The predicted octanol–water partition coefficient (Wildman–Crippen LogP) is 4.36. The van der Waals surface area contributed by atoms with Crippen molar-refractivity contribution in [3.05, 3.63) is 42.0 Å². The highest BCUT2D eigenvalue weighted by molar-refractivity contribution is 6.03. The molecule has 3 heterocycles. The van der Waals surface area contributed by atoms with Crippen LogP contribution in [0.4, 0.5) is 5.69 Å². The second-order valence-electron chi connectivity index (χ2n) is 12.6. The number of carbonyl (C=O) groups is 3. The van der Waals surface area contributed by atoms with E-state index >= 15 is 0 Å². The molecule has 1 aromatic carbocycles. The number of amides is 3. The van der Waals surface area contributed by atoms with E-state index in [4.69, 9.17) is 4.74 Å². The van der Waals surface area contributed by atoms with Crippen LogP contribution in [-0.2, 0) is 19.1 Å². The van der Waals surface area contributed by atoms with Gasteiger partial charge in [0.05, 0.1) is 17.9 Å². The number of nitrogens with zero attached hydrogens (tertiary/aromatic N) is 1. The summed E-state index contributed by atoms with van der Waals surface area (Å²) in [7, 11) is 0. The van der Waals surface area contributed by atoms with E-state index < -0.39 is 29.6 Å². The maximum absolute atomic E-state index is 14.3. The first kappa shape index (κ1) is 25.6. The van der Waals surface area contributed by atoms with Gasteiger partial charge in [-0.1, -0.05) is 51.0 Å². The summed E-state index contributed by atoms with van der Waals surface area (Å²) >= 11 is 0. The molecule has 2 saturated heterocycles. The van der Waals surface area contributed by atoms with Crippen molar-refractivity contribution in [2.45, 2.75) is 102 Å². The topological polar surface area (TPSA) is 87.7 Å². The van der Waals surface area contributed by atoms with E-state index in [2.05, 4.69) is 24.5 Å². The first-order valence-electron chi connectivity index (χ1n) is 14.7. The van der Waals surface area contributed by atoms with Crippen LogP contribution >= 0.6 is 0 Å². The summed E-state index contributed by atoms with van der Waals surface area (Å²) in [4.78, 5) is 43.9. The number of likely N-dealkylation sites (tertiary alicyclic amines) is 1. The van der Waals surface area contributed by atoms with Gasteiger partial charge in [0.2, 0.25) is 17.7 Å². The van der Waals surface area contributed by atoms with Crippen molar-refractivity contribution in [2.75, 3.05) is 5.32 Å². The minimum atomic E-state index is -1.10. The van der Waals surface area contributed by atoms with Gasteiger partial charge in [-0.25, -0.2) is 0 Å². The van der Waals surface area contributed by atoms with Crippen molar-refractivity contribution in [2.24, 2.45) is 23.7 Å². The summed E-state index contributed by atoms with van der Waals surface area (Å²) < 4.78 is 6.55. The summed E-state index contributed by atoms with van der Waals surface area (Å²) in [5.74, 6) is -0.765. The second-order valence-corrected chi connectivity index (χ2v) is 12.6. The molecule has 2 saturated carbocycles. The molecule has 204 valence electrons. The Kier molecular flexibility index (Phi) is 6.61. The van der Waals surface area contributed by atoms with Crippen LogP contribution in [0.15, 0.2) is 36.4 Å². The Balaban J connectivity index is 1.32. The minimum Gasteiger partial charge on any atom is -0.359 e. The van der Waals surface area contributed by atoms with Crippen LogP contribution < -0.4 is 10.6 Å². The number of aryl methyl sites for hydroxylation is 1. The van der Waals surface area contributed by atoms with Crippen molar-refractivity contribution in [1.82, 2.24) is 10.2 Å². The van der Waals surface area contributed by atoms with Gasteiger partial charge in [0.25, 0.3) is 0 Å². The van der Waals surface area contributed by atoms with Crippen molar-refractivity contribution in [3.63, 3.8) is 0 Å². The number of rotatable bonds is 5. The van der Waals surface area contributed by atoms with Crippen molar-refractivity contribution < 1.29 is 19.1 Å². The van der Waals surface area contributed by atoms with E-state index in [9.17, 15) is 14.4 Å². The number of hydrogen-bond donors (Lipinski definition) is 2. The lowest BCUT2D eigenvalue weighted by Crippen LogP contribution is -2.59. The third-order valence-electron chi connectivity index (χ3n) is 9.97. The maximum Gasteiger partial charge on any atom is 0.246 e. The molecule has 5 aliphatic rings. The van der Waals surface area contributed by atoms with E-state index in [1.165, 1.54) is 6.42 Å². The van der Waals surface area contributed by atoms with Gasteiger partial charge < -0.3 is 20.3 Å². The lowest BCUT2D eigenvalue weighted by molar-refractivity contribution is -0.145. The van der Waals surface area contributed by atoms with E-state index in [1.807, 2.05) is 48.2 Å². The first-order valence-corrected chi connectivity index (χ1v) is 14.7. The van der Waals surface area contributed by atoms with Crippen molar-refractivity contribution in [3.8, 4) is 0 Å². The molecule has 3 aliphatic heterocycles. The molecule has 7 nitrogen and oxygen atoms in total. The number of anilines is 1. The average molecular weight is 520 g/mol. The minimum absolute atomic E-state index is 0.00487. The van der Waals surface area contributed by atoms with E-state index in [0.29, 0.717) is 17.5 Å². The van der Waals surface area contributed by atoms with E-state index in [0.717, 1.165) is 50.5 Å². The summed E-state index contributed by atoms with van der Waals surface area (Å²) in [5.41, 5.74) is 0.660. The van der Waals surface area contributed by atoms with Crippen LogP contribution in [0.5, 0.6) is 0 Å². The number of nitrogens with one attached hydrogen (secondary N) is 2. The zero-order valence-electron chi connectivity index (χ0n) is 22.8. The Bertz CT molecular complexity index is 1140. The summed E-state index contributed by atoms with van der Waals surface area (Å²) in [6.45, 7) is 6.44. The number of ether oxygens (including phenoxy) is 1. The zero-order valence-corrected chi connectivity index (χ0v) is 22.8. The van der Waals surface area contributed by atoms with Crippen LogP contribution in [0, 0.1) is 30.6 Å². The molecule has 1 aromatic rings. The van der Waals surface area contributed by atoms with E-state index in [1.54, 1.807) is 0 Å². The average Bonchev–Trinajstić information content (AvgIpc) is 3.53. The van der Waals surface area contributed by atoms with Gasteiger partial charge in [0.1, 0.15) is 11.6 Å². The van der Waals surface area contributed by atoms with Gasteiger partial charge >= 0.3 is 0 Å². The highest BCUT2D eigenvalue weighted by Gasteiger charge is 2.73. The normalized spacial score (nSPS) is 39.8. The molecular weight excluding hydrogens is 478 g/mol. The van der Waals surface area contributed by atoms with Gasteiger partial charge in [0, 0.05) is 17.8 Å². The molecule has 1 spiro atoms. The smallest absolute Gasteiger partial charge is 0.246 e. The first-order chi connectivity index (χ1) is 18.3. The number of benzene rings is 1. The Morgan fingerprint density at radius 2 is 1.79 bits per heavy atom. The molecule has 2 aliphatic carbocycles. The molecule has 4 fully saturated rings. The molecule has 0 aromatic heterocycles. The Morgan fingerprint density at radius 3 is 2.53 bits per heavy atom. The highest BCUT2D eigenvalue weighted by Crippen LogP contribution is 2.56. The maximum atomic E-state index is 14.3. The molecule has 2 N–H and O–H groups in total. The second kappa shape index (κ2) is 9.82. The number of fused-ring (bicyclic) bond motifs is 1. The molecule has 38 heavy (non-hydrogen) atoms. The van der Waals surface area contributed by atoms with Gasteiger partial charge in [-0.2, -0.15) is 0 Å². The molecule has 0 radical (unpaired) electrons. The summed E-state index contributed by atoms with van der Waals surface area (Å²) in [6, 6.07) is 7.03. The molecule has 7 atom stereocenters. The van der Waals surface area contributed by atoms with Crippen LogP contribution in [0.3, 0.4) is 0 Å². The molecule has 2 bridgehead atoms. The lowest BCUT2D eigenvalue weighted by Gasteiger charge is -2.40. The fourth-order valence-corrected chi connectivity index (χ4v) is 7.86. The van der Waals surface area contributed by atoms with Gasteiger partial charge in [-0.05, 0) is 75.0 Å². The highest BCUT2D eigenvalue weighted by atomic mass is 16.5. The van der Waals surface area contributed by atoms with Crippen LogP contribution in [0.2, 0.25) is 0 Å². The Labute approximate surface area is 225 Å². The van der Waals surface area contributed by atoms with Gasteiger partial charge in [-0.3, -0.25) is 14.4 Å². The summed E-state index contributed by atoms with van der Waals surface area (Å²) in [6.07, 6.45) is 11.5. The van der Waals surface area contributed by atoms with E-state index in [-0.39, 0.29) is 29.8 Å². The molecule has 4 unspecified atom stereocenters. The van der Waals surface area contributed by atoms with Gasteiger partial charge in [-0.15, -0.1) is 0 Å². The zero-order chi connectivity index (χ0) is 26.6. The molecule has 6 rings (SSSR count). The SMILES string of the molecule is Cc1cccc(NC(=O)C2[C@@H]3C=C[C@]4(O3)C(C(=O)NC3CCCCC3C)N(C3CCC(C)CC3)C(=O)[C@H]24)c1. The van der Waals surface area contributed by atoms with Crippen molar-refractivity contribution in [1.29, 1.82) is 0 Å². The molecule has 7 heteroatoms. The fraction of sp³-hybridized carbons (Fsp3) is 0.645.